The Hall–Kier alpha value is -2.15. The summed E-state index contributed by atoms with van der Waals surface area (Å²) in [5.74, 6) is 0.841. The minimum atomic E-state index is 0.293. The van der Waals surface area contributed by atoms with E-state index in [9.17, 15) is 0 Å². The second kappa shape index (κ2) is 9.77. The number of hydrogen-bond donors (Lipinski definition) is 1. The van der Waals surface area contributed by atoms with Gasteiger partial charge in [0.2, 0.25) is 0 Å². The highest BCUT2D eigenvalue weighted by molar-refractivity contribution is 9.10. The molecule has 0 bridgehead atoms. The van der Waals surface area contributed by atoms with Crippen molar-refractivity contribution in [1.29, 1.82) is 0 Å². The number of benzene rings is 2. The molecule has 1 saturated heterocycles. The van der Waals surface area contributed by atoms with Gasteiger partial charge in [-0.25, -0.2) is 0 Å². The highest BCUT2D eigenvalue weighted by Gasteiger charge is 2.21. The molecule has 1 atom stereocenters. The van der Waals surface area contributed by atoms with E-state index in [1.807, 2.05) is 24.4 Å². The Morgan fingerprint density at radius 3 is 2.83 bits per heavy atom. The Bertz CT molecular complexity index is 982. The number of nitrogens with zero attached hydrogens (tertiary/aromatic N) is 2. The van der Waals surface area contributed by atoms with Crippen molar-refractivity contribution in [2.75, 3.05) is 20.3 Å². The molecule has 2 heterocycles. The Morgan fingerprint density at radius 2 is 2.07 bits per heavy atom. The van der Waals surface area contributed by atoms with Gasteiger partial charge in [-0.3, -0.25) is 10.00 Å². The van der Waals surface area contributed by atoms with Crippen LogP contribution in [0.5, 0.6) is 5.75 Å². The Kier molecular flexibility index (Phi) is 6.87. The van der Waals surface area contributed by atoms with Gasteiger partial charge in [0.15, 0.2) is 0 Å². The first kappa shape index (κ1) is 21.1. The fourth-order valence-electron chi connectivity index (χ4n) is 3.98. The van der Waals surface area contributed by atoms with Crippen LogP contribution in [0.25, 0.3) is 11.3 Å². The maximum atomic E-state index is 5.94. The zero-order valence-electron chi connectivity index (χ0n) is 17.5. The van der Waals surface area contributed by atoms with Crippen molar-refractivity contribution in [3.05, 3.63) is 69.8 Å². The number of H-pyrrole nitrogens is 1. The Balaban J connectivity index is 1.58. The van der Waals surface area contributed by atoms with Crippen molar-refractivity contribution in [1.82, 2.24) is 15.1 Å². The second-order valence-electron chi connectivity index (χ2n) is 7.90. The summed E-state index contributed by atoms with van der Waals surface area (Å²) in [4.78, 5) is 2.46. The van der Waals surface area contributed by atoms with E-state index >= 15 is 0 Å². The van der Waals surface area contributed by atoms with E-state index in [1.54, 1.807) is 7.11 Å². The molecule has 1 unspecified atom stereocenters. The molecule has 0 spiro atoms. The largest absolute Gasteiger partial charge is 0.497 e. The second-order valence-corrected chi connectivity index (χ2v) is 8.76. The molecule has 4 rings (SSSR count). The summed E-state index contributed by atoms with van der Waals surface area (Å²) in [5.41, 5.74) is 5.82. The number of methoxy groups -OCH3 is 1. The fraction of sp³-hybridized carbons (Fsp3) is 0.375. The lowest BCUT2D eigenvalue weighted by Crippen LogP contribution is -2.31. The number of rotatable bonds is 8. The summed E-state index contributed by atoms with van der Waals surface area (Å²) in [7, 11) is 1.69. The van der Waals surface area contributed by atoms with Crippen LogP contribution in [0.2, 0.25) is 0 Å². The summed E-state index contributed by atoms with van der Waals surface area (Å²) in [5, 5.41) is 7.52. The molecule has 1 aliphatic heterocycles. The molecule has 6 heteroatoms. The maximum Gasteiger partial charge on any atom is 0.119 e. The first-order valence-electron chi connectivity index (χ1n) is 10.4. The lowest BCUT2D eigenvalue weighted by atomic mass is 10.1. The zero-order valence-corrected chi connectivity index (χ0v) is 19.1. The van der Waals surface area contributed by atoms with Gasteiger partial charge in [0.05, 0.1) is 25.1 Å². The lowest BCUT2D eigenvalue weighted by molar-refractivity contribution is 0.0679. The van der Waals surface area contributed by atoms with Gasteiger partial charge in [-0.1, -0.05) is 40.2 Å². The minimum absolute atomic E-state index is 0.293. The van der Waals surface area contributed by atoms with Crippen LogP contribution in [0, 0.1) is 6.92 Å². The van der Waals surface area contributed by atoms with E-state index in [0.29, 0.717) is 6.10 Å². The lowest BCUT2D eigenvalue weighted by Gasteiger charge is -2.26. The SMILES string of the molecule is COc1cccc(-c2[nH]ncc2CN(Cc2ccc(C)cc2Br)CC2CCCO2)c1. The van der Waals surface area contributed by atoms with Crippen molar-refractivity contribution in [3.8, 4) is 17.0 Å². The fourth-order valence-corrected chi connectivity index (χ4v) is 4.60. The number of aryl methyl sites for hydroxylation is 1. The molecular formula is C24H28BrN3O2. The molecule has 30 heavy (non-hydrogen) atoms. The van der Waals surface area contributed by atoms with E-state index in [4.69, 9.17) is 9.47 Å². The smallest absolute Gasteiger partial charge is 0.119 e. The molecule has 1 fully saturated rings. The van der Waals surface area contributed by atoms with Gasteiger partial charge in [0, 0.05) is 41.8 Å². The van der Waals surface area contributed by atoms with Crippen LogP contribution in [-0.2, 0) is 17.8 Å². The van der Waals surface area contributed by atoms with Crippen LogP contribution in [0.4, 0.5) is 0 Å². The van der Waals surface area contributed by atoms with E-state index in [0.717, 1.165) is 60.6 Å². The van der Waals surface area contributed by atoms with Crippen LogP contribution < -0.4 is 4.74 Å². The van der Waals surface area contributed by atoms with Gasteiger partial charge in [-0.2, -0.15) is 5.10 Å². The summed E-state index contributed by atoms with van der Waals surface area (Å²) < 4.78 is 12.5. The first-order valence-corrected chi connectivity index (χ1v) is 11.2. The number of halogens is 1. The molecule has 1 N–H and O–H groups in total. The third-order valence-corrected chi connectivity index (χ3v) is 6.30. The summed E-state index contributed by atoms with van der Waals surface area (Å²) in [6.45, 7) is 5.54. The standard InChI is InChI=1S/C24H28BrN3O2/c1-17-8-9-19(23(25)11-17)14-28(16-22-7-4-10-30-22)15-20-13-26-27-24(20)18-5-3-6-21(12-18)29-2/h3,5-6,8-9,11-13,22H,4,7,10,14-16H2,1-2H3,(H,26,27). The van der Waals surface area contributed by atoms with Crippen molar-refractivity contribution >= 4 is 15.9 Å². The van der Waals surface area contributed by atoms with Gasteiger partial charge >= 0.3 is 0 Å². The van der Waals surface area contributed by atoms with Crippen LogP contribution in [-0.4, -0.2) is 41.5 Å². The average molecular weight is 470 g/mol. The van der Waals surface area contributed by atoms with E-state index in [-0.39, 0.29) is 0 Å². The summed E-state index contributed by atoms with van der Waals surface area (Å²) in [6, 6.07) is 14.6. The quantitative estimate of drug-likeness (QED) is 0.483. The van der Waals surface area contributed by atoms with E-state index in [2.05, 4.69) is 62.2 Å². The zero-order chi connectivity index (χ0) is 20.9. The van der Waals surface area contributed by atoms with E-state index in [1.165, 1.54) is 16.7 Å². The number of hydrogen-bond acceptors (Lipinski definition) is 4. The highest BCUT2D eigenvalue weighted by Crippen LogP contribution is 2.28. The third-order valence-electron chi connectivity index (χ3n) is 5.56. The number of aromatic nitrogens is 2. The molecule has 2 aromatic carbocycles. The minimum Gasteiger partial charge on any atom is -0.497 e. The maximum absolute atomic E-state index is 5.94. The van der Waals surface area contributed by atoms with Crippen molar-refractivity contribution in [2.45, 2.75) is 39.0 Å². The Morgan fingerprint density at radius 1 is 1.20 bits per heavy atom. The van der Waals surface area contributed by atoms with E-state index < -0.39 is 0 Å². The molecule has 158 valence electrons. The number of nitrogens with one attached hydrogen (secondary N) is 1. The first-order chi connectivity index (χ1) is 14.6. The third kappa shape index (κ3) is 5.12. The van der Waals surface area contributed by atoms with Gasteiger partial charge in [-0.15, -0.1) is 0 Å². The monoisotopic (exact) mass is 469 g/mol. The molecule has 0 amide bonds. The molecule has 1 aromatic heterocycles. The van der Waals surface area contributed by atoms with Crippen LogP contribution in [0.1, 0.15) is 29.5 Å². The molecule has 3 aromatic rings. The molecule has 0 saturated carbocycles. The molecule has 1 aliphatic rings. The number of aromatic amines is 1. The van der Waals surface area contributed by atoms with Gasteiger partial charge in [0.25, 0.3) is 0 Å². The molecular weight excluding hydrogens is 442 g/mol. The van der Waals surface area contributed by atoms with Crippen LogP contribution >= 0.6 is 15.9 Å². The molecule has 0 radical (unpaired) electrons. The highest BCUT2D eigenvalue weighted by atomic mass is 79.9. The molecule has 5 nitrogen and oxygen atoms in total. The Labute approximate surface area is 186 Å². The topological polar surface area (TPSA) is 50.4 Å². The summed E-state index contributed by atoms with van der Waals surface area (Å²) >= 11 is 3.74. The summed E-state index contributed by atoms with van der Waals surface area (Å²) in [6.07, 6.45) is 4.50. The van der Waals surface area contributed by atoms with Crippen molar-refractivity contribution in [3.63, 3.8) is 0 Å². The average Bonchev–Trinajstić information content (AvgIpc) is 3.42. The predicted octanol–water partition coefficient (Wildman–Crippen LogP) is 5.34. The van der Waals surface area contributed by atoms with Crippen LogP contribution in [0.3, 0.4) is 0 Å². The van der Waals surface area contributed by atoms with Crippen LogP contribution in [0.15, 0.2) is 53.1 Å². The number of ether oxygens (including phenoxy) is 2. The van der Waals surface area contributed by atoms with Gasteiger partial charge < -0.3 is 9.47 Å². The van der Waals surface area contributed by atoms with Gasteiger partial charge in [-0.05, 0) is 49.1 Å². The van der Waals surface area contributed by atoms with Crippen molar-refractivity contribution in [2.24, 2.45) is 0 Å². The normalized spacial score (nSPS) is 16.3. The van der Waals surface area contributed by atoms with Crippen molar-refractivity contribution < 1.29 is 9.47 Å². The molecule has 0 aliphatic carbocycles. The predicted molar refractivity (Wildman–Crippen MR) is 123 cm³/mol. The van der Waals surface area contributed by atoms with Gasteiger partial charge in [0.1, 0.15) is 5.75 Å².